The van der Waals surface area contributed by atoms with Crippen LogP contribution in [0.25, 0.3) is 11.1 Å². The number of esters is 4. The van der Waals surface area contributed by atoms with Crippen LogP contribution in [-0.4, -0.2) is 268 Å². The Kier molecular flexibility index (Phi) is 32.4. The molecule has 3 amide bonds. The highest BCUT2D eigenvalue weighted by Crippen LogP contribution is 2.72. The molecule has 3 aliphatic carbocycles. The van der Waals surface area contributed by atoms with Crippen LogP contribution in [0.2, 0.25) is 0 Å². The van der Waals surface area contributed by atoms with Crippen LogP contribution in [0.5, 0.6) is 5.75 Å². The first-order chi connectivity index (χ1) is 53.3. The summed E-state index contributed by atoms with van der Waals surface area (Å²) in [5.74, 6) is -4.50. The first-order valence-electron chi connectivity index (χ1n) is 37.8. The minimum atomic E-state index is -1.77. The highest BCUT2D eigenvalue weighted by molar-refractivity contribution is 5.92. The maximum atomic E-state index is 14.4. The number of benzene rings is 3. The number of hydrogen-bond acceptors (Lipinski definition) is 28. The molecule has 7 N–H and O–H groups in total. The average Bonchev–Trinajstić information content (AvgIpc) is 1.49. The molecule has 3 saturated heterocycles. The van der Waals surface area contributed by atoms with Gasteiger partial charge in [0, 0.05) is 49.3 Å². The van der Waals surface area contributed by atoms with Crippen LogP contribution < -0.4 is 20.7 Å². The maximum absolute atomic E-state index is 14.4. The SMILES string of the molecule is CC1=C[C@H]2O[C@@H]3C[C@H]4OC(=O)/C=C\C=C\C(=O)OCC[C@@H](C)[C@@H](NC(=O)CCCC(=O)OCc5ccc(O[C@@H]6O[C@H](CO)[C@H](O)[C@H](O)[C@H]6O)c(NC(=O)CCOCCOCCOCCOCCOCCOCCOCCOCCNC(=O)OCC6c7ccccc7-c7ccccc76)c5)C(=O)OC[C@@]2(CC1)[C@]4(C)[C@]31CO1. The van der Waals surface area contributed by atoms with E-state index in [9.17, 15) is 54.0 Å². The number of alkyl carbamates (subject to hydrolysis) is 1. The Bertz CT molecular complexity index is 3580. The lowest BCUT2D eigenvalue weighted by atomic mass is 9.51. The number of rotatable bonds is 40. The molecule has 4 aliphatic heterocycles. The Morgan fingerprint density at radius 3 is 1.86 bits per heavy atom. The van der Waals surface area contributed by atoms with Gasteiger partial charge in [0.05, 0.1) is 155 Å². The number of ether oxygens (including phenoxy) is 17. The number of epoxide rings is 1. The van der Waals surface area contributed by atoms with Crippen LogP contribution >= 0.6 is 0 Å². The highest BCUT2D eigenvalue weighted by Gasteiger charge is 2.83. The number of aliphatic hydroxyl groups is 4. The van der Waals surface area contributed by atoms with Crippen molar-refractivity contribution in [2.75, 3.05) is 151 Å². The Hall–Kier alpha value is -7.83. The third kappa shape index (κ3) is 22.5. The largest absolute Gasteiger partial charge is 0.463 e. The number of allylic oxidation sites excluding steroid dienone is 3. The second-order valence-corrected chi connectivity index (χ2v) is 28.2. The molecule has 2 bridgehead atoms. The van der Waals surface area contributed by atoms with Crippen molar-refractivity contribution in [2.24, 2.45) is 16.7 Å². The van der Waals surface area contributed by atoms with Gasteiger partial charge in [-0.1, -0.05) is 92.2 Å². The number of fused-ring (bicyclic) bond motifs is 3. The summed E-state index contributed by atoms with van der Waals surface area (Å²) in [5.41, 5.74) is 3.63. The smallest absolute Gasteiger partial charge is 0.407 e. The molecular formula is C79H105N3O28. The summed E-state index contributed by atoms with van der Waals surface area (Å²) < 4.78 is 97.9. The van der Waals surface area contributed by atoms with Gasteiger partial charge in [0.15, 0.2) is 0 Å². The highest BCUT2D eigenvalue weighted by atomic mass is 16.7. The van der Waals surface area contributed by atoms with Gasteiger partial charge in [0.2, 0.25) is 18.1 Å². The Morgan fingerprint density at radius 2 is 1.25 bits per heavy atom. The third-order valence-electron chi connectivity index (χ3n) is 21.0. The van der Waals surface area contributed by atoms with E-state index in [1.54, 1.807) is 6.92 Å². The van der Waals surface area contributed by atoms with Crippen molar-refractivity contribution in [3.8, 4) is 16.9 Å². The predicted molar refractivity (Wildman–Crippen MR) is 389 cm³/mol. The first kappa shape index (κ1) is 84.6. The van der Waals surface area contributed by atoms with Crippen LogP contribution in [-0.2, 0) is 111 Å². The predicted octanol–water partition coefficient (Wildman–Crippen LogP) is 4.39. The number of hydrogen-bond donors (Lipinski definition) is 7. The van der Waals surface area contributed by atoms with Crippen LogP contribution in [0.4, 0.5) is 10.5 Å². The van der Waals surface area contributed by atoms with Crippen LogP contribution in [0.1, 0.15) is 94.7 Å². The second kappa shape index (κ2) is 42.2. The van der Waals surface area contributed by atoms with Gasteiger partial charge in [-0.3, -0.25) is 14.4 Å². The summed E-state index contributed by atoms with van der Waals surface area (Å²) in [6.07, 6.45) is -1.80. The van der Waals surface area contributed by atoms with Gasteiger partial charge in [0.25, 0.3) is 0 Å². The summed E-state index contributed by atoms with van der Waals surface area (Å²) in [6.45, 7) is 10.5. The van der Waals surface area contributed by atoms with Gasteiger partial charge in [-0.05, 0) is 78.5 Å². The first-order valence-corrected chi connectivity index (χ1v) is 37.8. The summed E-state index contributed by atoms with van der Waals surface area (Å²) >= 11 is 0. The topological polar surface area (TPSA) is 397 Å². The fourth-order valence-electron chi connectivity index (χ4n) is 14.8. The molecule has 0 radical (unpaired) electrons. The standard InChI is InChI=1S/C79H105N3O28/c1-51-21-24-78-49-105-74(92)70(52(2)22-27-102-67(86)16-8-9-17-69(88)110-62-45-64(109-63(78)43-51)79(50-106-79)77(62,78)3)82-65(84)15-10-18-68(87)103-47-53-19-20-60(107-75-73(91)72(90)71(89)61(46-83)108-75)59(44-53)81-66(85)23-26-94-29-31-96-33-35-98-37-39-100-41-42-101-40-38-99-36-34-97-32-30-95-28-25-80-76(93)104-48-58-56-13-6-4-11-54(56)55-12-5-7-14-57(55)58/h4-9,11-14,16-17,19-20,43-44,52,58,61-64,70-73,75,83,89-91H,10,15,18,21-42,45-50H2,1-3H3,(H,80,93)(H,81,85)(H,82,84)/b16-8+,17-9-/t52-,61-,62-,63-,64-,70-,71+,72+,73-,75-,77-,78-,79+/m1/s1. The van der Waals surface area contributed by atoms with E-state index >= 15 is 0 Å². The van der Waals surface area contributed by atoms with Gasteiger partial charge in [-0.25, -0.2) is 19.2 Å². The molecule has 2 spiro atoms. The van der Waals surface area contributed by atoms with Crippen molar-refractivity contribution in [2.45, 2.75) is 145 Å². The zero-order chi connectivity index (χ0) is 77.9. The Balaban J connectivity index is 0.570. The Labute approximate surface area is 639 Å². The van der Waals surface area contributed by atoms with Crippen LogP contribution in [0.15, 0.2) is 103 Å². The molecule has 4 fully saturated rings. The molecule has 13 atom stereocenters. The quantitative estimate of drug-likeness (QED) is 0.0136. The fraction of sp³-hybridized carbons (Fsp3) is 0.608. The number of anilines is 1. The second-order valence-electron chi connectivity index (χ2n) is 28.2. The minimum Gasteiger partial charge on any atom is -0.463 e. The number of carbonyl (C=O) groups is 7. The number of amides is 3. The molecule has 604 valence electrons. The van der Waals surface area contributed by atoms with Gasteiger partial charge in [0.1, 0.15) is 67.7 Å². The van der Waals surface area contributed by atoms with Gasteiger partial charge >= 0.3 is 30.0 Å². The van der Waals surface area contributed by atoms with E-state index in [2.05, 4.69) is 40.2 Å². The van der Waals surface area contributed by atoms with Crippen LogP contribution in [0.3, 0.4) is 0 Å². The molecule has 31 heteroatoms. The molecule has 0 unspecified atom stereocenters. The molecule has 31 nitrogen and oxygen atoms in total. The van der Waals surface area contributed by atoms with Crippen molar-refractivity contribution in [1.29, 1.82) is 0 Å². The van der Waals surface area contributed by atoms with Gasteiger partial charge < -0.3 is 117 Å². The monoisotopic (exact) mass is 1540 g/mol. The van der Waals surface area contributed by atoms with E-state index < -0.39 is 126 Å². The van der Waals surface area contributed by atoms with Crippen molar-refractivity contribution in [3.05, 3.63) is 119 Å². The summed E-state index contributed by atoms with van der Waals surface area (Å²) in [7, 11) is 0. The zero-order valence-corrected chi connectivity index (χ0v) is 62.6. The van der Waals surface area contributed by atoms with Crippen molar-refractivity contribution in [3.63, 3.8) is 0 Å². The van der Waals surface area contributed by atoms with E-state index in [1.165, 1.54) is 47.6 Å². The van der Waals surface area contributed by atoms with E-state index in [4.69, 9.17) is 80.5 Å². The Morgan fingerprint density at radius 1 is 0.645 bits per heavy atom. The van der Waals surface area contributed by atoms with Gasteiger partial charge in [-0.15, -0.1) is 0 Å². The van der Waals surface area contributed by atoms with E-state index in [0.29, 0.717) is 117 Å². The molecule has 1 saturated carbocycles. The van der Waals surface area contributed by atoms with Crippen molar-refractivity contribution in [1.82, 2.24) is 10.6 Å². The molecule has 0 aromatic heterocycles. The summed E-state index contributed by atoms with van der Waals surface area (Å²) in [6, 6.07) is 19.5. The molecule has 4 heterocycles. The molecular weight excluding hydrogens is 1440 g/mol. The fourth-order valence-corrected chi connectivity index (χ4v) is 14.8. The maximum Gasteiger partial charge on any atom is 0.407 e. The number of carbonyl (C=O) groups excluding carboxylic acids is 7. The molecule has 110 heavy (non-hydrogen) atoms. The van der Waals surface area contributed by atoms with Crippen molar-refractivity contribution >= 4 is 47.5 Å². The normalized spacial score (nSPS) is 27.6. The summed E-state index contributed by atoms with van der Waals surface area (Å²) in [5, 5.41) is 49.6. The number of nitrogens with one attached hydrogen (secondary N) is 3. The number of aliphatic hydroxyl groups excluding tert-OH is 4. The lowest BCUT2D eigenvalue weighted by molar-refractivity contribution is -0.277. The summed E-state index contributed by atoms with van der Waals surface area (Å²) in [4.78, 5) is 93.0. The number of cyclic esters (lactones) is 2. The molecule has 7 aliphatic rings. The van der Waals surface area contributed by atoms with E-state index in [1.807, 2.05) is 44.2 Å². The van der Waals surface area contributed by atoms with E-state index in [-0.39, 0.29) is 102 Å². The van der Waals surface area contributed by atoms with Crippen molar-refractivity contribution < 1.29 is 135 Å². The van der Waals surface area contributed by atoms with Crippen LogP contribution in [0, 0.1) is 16.7 Å². The lowest BCUT2D eigenvalue weighted by Crippen LogP contribution is -2.67. The minimum absolute atomic E-state index is 0.00318. The average molecular weight is 1540 g/mol. The third-order valence-corrected chi connectivity index (χ3v) is 21.0. The lowest BCUT2D eigenvalue weighted by Gasteiger charge is -2.58. The zero-order valence-electron chi connectivity index (χ0n) is 62.6. The molecule has 3 aromatic rings. The molecule has 10 rings (SSSR count). The molecule has 3 aromatic carbocycles. The van der Waals surface area contributed by atoms with Gasteiger partial charge in [-0.2, -0.15) is 0 Å². The van der Waals surface area contributed by atoms with E-state index in [0.717, 1.165) is 22.8 Å².